The second kappa shape index (κ2) is 5.11. The normalized spacial score (nSPS) is 20.2. The van der Waals surface area contributed by atoms with Gasteiger partial charge in [0.1, 0.15) is 4.90 Å². The first kappa shape index (κ1) is 14.3. The highest BCUT2D eigenvalue weighted by Crippen LogP contribution is 2.33. The molecule has 19 heavy (non-hydrogen) atoms. The summed E-state index contributed by atoms with van der Waals surface area (Å²) in [6.45, 7) is 5.32. The third kappa shape index (κ3) is 2.91. The molecule has 1 saturated heterocycles. The van der Waals surface area contributed by atoms with E-state index in [4.69, 9.17) is 5.84 Å². The first-order chi connectivity index (χ1) is 8.87. The highest BCUT2D eigenvalue weighted by molar-refractivity contribution is 7.89. The van der Waals surface area contributed by atoms with Crippen molar-refractivity contribution in [3.63, 3.8) is 0 Å². The van der Waals surface area contributed by atoms with Gasteiger partial charge in [-0.1, -0.05) is 26.0 Å². The number of nitrogen functional groups attached to an aromatic ring is 1. The molecule has 1 aromatic rings. The van der Waals surface area contributed by atoms with Gasteiger partial charge >= 0.3 is 0 Å². The van der Waals surface area contributed by atoms with E-state index in [1.165, 1.54) is 0 Å². The van der Waals surface area contributed by atoms with Gasteiger partial charge in [0, 0.05) is 13.1 Å². The van der Waals surface area contributed by atoms with Crippen molar-refractivity contribution >= 4 is 15.7 Å². The van der Waals surface area contributed by atoms with E-state index in [0.717, 1.165) is 12.8 Å². The summed E-state index contributed by atoms with van der Waals surface area (Å²) in [6, 6.07) is 6.73. The zero-order valence-corrected chi connectivity index (χ0v) is 12.2. The van der Waals surface area contributed by atoms with E-state index in [1.54, 1.807) is 28.6 Å². The lowest BCUT2D eigenvalue weighted by Crippen LogP contribution is -2.43. The number of piperidine rings is 1. The molecule has 3 N–H and O–H groups in total. The summed E-state index contributed by atoms with van der Waals surface area (Å²) in [6.07, 6.45) is 1.94. The van der Waals surface area contributed by atoms with Crippen LogP contribution >= 0.6 is 0 Å². The Hall–Kier alpha value is -1.11. The zero-order valence-electron chi connectivity index (χ0n) is 11.4. The SMILES string of the molecule is CC1(C)CCCN(S(=O)(=O)c2ccccc2NN)C1. The summed E-state index contributed by atoms with van der Waals surface area (Å²) in [5, 5.41) is 0. The lowest BCUT2D eigenvalue weighted by molar-refractivity contribution is 0.187. The van der Waals surface area contributed by atoms with Gasteiger partial charge in [-0.25, -0.2) is 8.42 Å². The van der Waals surface area contributed by atoms with E-state index in [2.05, 4.69) is 19.3 Å². The van der Waals surface area contributed by atoms with Crippen LogP contribution in [-0.4, -0.2) is 25.8 Å². The average molecular weight is 283 g/mol. The van der Waals surface area contributed by atoms with Crippen LogP contribution in [0.3, 0.4) is 0 Å². The monoisotopic (exact) mass is 283 g/mol. The number of hydrazine groups is 1. The number of rotatable bonds is 3. The van der Waals surface area contributed by atoms with Crippen molar-refractivity contribution in [3.8, 4) is 0 Å². The van der Waals surface area contributed by atoms with E-state index in [1.807, 2.05) is 0 Å². The predicted molar refractivity (Wildman–Crippen MR) is 76.0 cm³/mol. The van der Waals surface area contributed by atoms with Gasteiger partial charge in [0.05, 0.1) is 5.69 Å². The van der Waals surface area contributed by atoms with Crippen LogP contribution in [0.4, 0.5) is 5.69 Å². The van der Waals surface area contributed by atoms with Crippen LogP contribution in [-0.2, 0) is 10.0 Å². The fraction of sp³-hybridized carbons (Fsp3) is 0.538. The summed E-state index contributed by atoms with van der Waals surface area (Å²) in [5.74, 6) is 5.40. The molecule has 1 aromatic carbocycles. The lowest BCUT2D eigenvalue weighted by atomic mass is 9.85. The zero-order chi connectivity index (χ0) is 14.1. The number of anilines is 1. The molecule has 1 fully saturated rings. The van der Waals surface area contributed by atoms with Gasteiger partial charge in [-0.3, -0.25) is 5.84 Å². The Bertz CT molecular complexity index is 555. The van der Waals surface area contributed by atoms with E-state index >= 15 is 0 Å². The maximum Gasteiger partial charge on any atom is 0.245 e. The molecular formula is C13H21N3O2S. The van der Waals surface area contributed by atoms with Crippen molar-refractivity contribution in [2.24, 2.45) is 11.3 Å². The van der Waals surface area contributed by atoms with Crippen molar-refractivity contribution in [1.29, 1.82) is 0 Å². The lowest BCUT2D eigenvalue weighted by Gasteiger charge is -2.37. The van der Waals surface area contributed by atoms with Crippen LogP contribution in [0.5, 0.6) is 0 Å². The minimum absolute atomic E-state index is 0.0242. The molecule has 0 amide bonds. The summed E-state index contributed by atoms with van der Waals surface area (Å²) in [5.41, 5.74) is 2.92. The topological polar surface area (TPSA) is 75.4 Å². The average Bonchev–Trinajstić information content (AvgIpc) is 2.37. The molecule has 0 atom stereocenters. The molecular weight excluding hydrogens is 262 g/mol. The van der Waals surface area contributed by atoms with Gasteiger partial charge in [0.2, 0.25) is 10.0 Å². The minimum atomic E-state index is -3.48. The largest absolute Gasteiger partial charge is 0.323 e. The van der Waals surface area contributed by atoms with Crippen LogP contribution in [0.25, 0.3) is 0 Å². The van der Waals surface area contributed by atoms with Crippen LogP contribution in [0.1, 0.15) is 26.7 Å². The van der Waals surface area contributed by atoms with E-state index in [0.29, 0.717) is 18.8 Å². The summed E-state index contributed by atoms with van der Waals surface area (Å²) in [7, 11) is -3.48. The van der Waals surface area contributed by atoms with Gasteiger partial charge < -0.3 is 5.43 Å². The molecule has 0 saturated carbocycles. The molecule has 106 valence electrons. The Kier molecular flexibility index (Phi) is 3.85. The summed E-state index contributed by atoms with van der Waals surface area (Å²) >= 11 is 0. The Morgan fingerprint density at radius 1 is 1.32 bits per heavy atom. The minimum Gasteiger partial charge on any atom is -0.323 e. The molecule has 0 spiro atoms. The van der Waals surface area contributed by atoms with E-state index in [-0.39, 0.29) is 10.3 Å². The first-order valence-corrected chi connectivity index (χ1v) is 7.87. The second-order valence-electron chi connectivity index (χ2n) is 5.75. The Labute approximate surface area is 114 Å². The maximum absolute atomic E-state index is 12.7. The molecule has 1 aliphatic rings. The number of para-hydroxylation sites is 1. The molecule has 1 heterocycles. The van der Waals surface area contributed by atoms with Crippen molar-refractivity contribution in [1.82, 2.24) is 4.31 Å². The Morgan fingerprint density at radius 3 is 2.63 bits per heavy atom. The van der Waals surface area contributed by atoms with Gasteiger partial charge in [-0.2, -0.15) is 4.31 Å². The van der Waals surface area contributed by atoms with Gasteiger partial charge in [0.15, 0.2) is 0 Å². The van der Waals surface area contributed by atoms with Gasteiger partial charge in [-0.15, -0.1) is 0 Å². The number of hydrogen-bond acceptors (Lipinski definition) is 4. The number of nitrogens with two attached hydrogens (primary N) is 1. The number of sulfonamides is 1. The van der Waals surface area contributed by atoms with Crippen LogP contribution in [0.15, 0.2) is 29.2 Å². The Morgan fingerprint density at radius 2 is 2.00 bits per heavy atom. The molecule has 2 rings (SSSR count). The fourth-order valence-corrected chi connectivity index (χ4v) is 4.35. The molecule has 0 bridgehead atoms. The molecule has 0 unspecified atom stereocenters. The molecule has 5 nitrogen and oxygen atoms in total. The number of benzene rings is 1. The smallest absolute Gasteiger partial charge is 0.245 e. The molecule has 6 heteroatoms. The van der Waals surface area contributed by atoms with Crippen molar-refractivity contribution in [2.75, 3.05) is 18.5 Å². The van der Waals surface area contributed by atoms with Gasteiger partial charge in [-0.05, 0) is 30.4 Å². The predicted octanol–water partition coefficient (Wildman–Crippen LogP) is 1.78. The second-order valence-corrected chi connectivity index (χ2v) is 7.65. The fourth-order valence-electron chi connectivity index (χ4n) is 2.52. The first-order valence-electron chi connectivity index (χ1n) is 6.43. The third-order valence-corrected chi connectivity index (χ3v) is 5.43. The molecule has 0 aromatic heterocycles. The number of hydrogen-bond donors (Lipinski definition) is 2. The van der Waals surface area contributed by atoms with Crippen LogP contribution in [0.2, 0.25) is 0 Å². The summed E-state index contributed by atoms with van der Waals surface area (Å²) in [4.78, 5) is 0.246. The number of nitrogens with one attached hydrogen (secondary N) is 1. The van der Waals surface area contributed by atoms with Crippen molar-refractivity contribution in [3.05, 3.63) is 24.3 Å². The van der Waals surface area contributed by atoms with Gasteiger partial charge in [0.25, 0.3) is 0 Å². The van der Waals surface area contributed by atoms with Crippen LogP contribution < -0.4 is 11.3 Å². The number of nitrogens with zero attached hydrogens (tertiary/aromatic N) is 1. The summed E-state index contributed by atoms with van der Waals surface area (Å²) < 4.78 is 26.9. The highest BCUT2D eigenvalue weighted by Gasteiger charge is 2.34. The quantitative estimate of drug-likeness (QED) is 0.655. The molecule has 1 aliphatic heterocycles. The van der Waals surface area contributed by atoms with Crippen molar-refractivity contribution < 1.29 is 8.42 Å². The maximum atomic E-state index is 12.7. The third-order valence-electron chi connectivity index (χ3n) is 3.53. The standard InChI is InChI=1S/C13H21N3O2S/c1-13(2)8-5-9-16(10-13)19(17,18)12-7-4-3-6-11(12)15-14/h3-4,6-7,15H,5,8-10,14H2,1-2H3. The van der Waals surface area contributed by atoms with Crippen LogP contribution in [0, 0.1) is 5.41 Å². The van der Waals surface area contributed by atoms with E-state index < -0.39 is 10.0 Å². The van der Waals surface area contributed by atoms with Crippen molar-refractivity contribution in [2.45, 2.75) is 31.6 Å². The van der Waals surface area contributed by atoms with E-state index in [9.17, 15) is 8.42 Å². The molecule has 0 aliphatic carbocycles. The Balaban J connectivity index is 2.37. The highest BCUT2D eigenvalue weighted by atomic mass is 32.2. The molecule has 0 radical (unpaired) electrons.